The van der Waals surface area contributed by atoms with Gasteiger partial charge in [-0.15, -0.1) is 0 Å². The van der Waals surface area contributed by atoms with E-state index in [-0.39, 0.29) is 22.0 Å². The molecule has 1 atom stereocenters. The molecule has 0 saturated heterocycles. The van der Waals surface area contributed by atoms with Crippen LogP contribution in [-0.4, -0.2) is 25.0 Å². The Morgan fingerprint density at radius 2 is 1.94 bits per heavy atom. The largest absolute Gasteiger partial charge is 0.332 e. The lowest BCUT2D eigenvalue weighted by Gasteiger charge is -2.19. The molecule has 2 heterocycles. The Morgan fingerprint density at radius 1 is 1.24 bits per heavy atom. The first-order valence-electron chi connectivity index (χ1n) is 10.3. The van der Waals surface area contributed by atoms with E-state index in [4.69, 9.17) is 16.4 Å². The summed E-state index contributed by atoms with van der Waals surface area (Å²) in [6.45, 7) is 9.24. The maximum absolute atomic E-state index is 14.5. The predicted molar refractivity (Wildman–Crippen MR) is 127 cm³/mol. The van der Waals surface area contributed by atoms with Crippen LogP contribution in [0.4, 0.5) is 14.9 Å². The molecule has 0 fully saturated rings. The van der Waals surface area contributed by atoms with Gasteiger partial charge in [0.25, 0.3) is 0 Å². The lowest BCUT2D eigenvalue weighted by molar-refractivity contribution is 0.256. The highest BCUT2D eigenvalue weighted by atomic mass is 35.5. The number of halogens is 2. The van der Waals surface area contributed by atoms with Gasteiger partial charge in [0.2, 0.25) is 0 Å². The van der Waals surface area contributed by atoms with Crippen molar-refractivity contribution >= 4 is 33.2 Å². The molecule has 8 nitrogen and oxygen atoms in total. The Morgan fingerprint density at radius 3 is 2.52 bits per heavy atom. The fourth-order valence-electron chi connectivity index (χ4n) is 3.29. The average molecular weight is 493 g/mol. The number of aryl methyl sites for hydroxylation is 1. The van der Waals surface area contributed by atoms with Crippen molar-refractivity contribution in [2.75, 3.05) is 5.32 Å². The summed E-state index contributed by atoms with van der Waals surface area (Å²) < 4.78 is 39.3. The van der Waals surface area contributed by atoms with E-state index in [0.717, 1.165) is 5.69 Å². The second-order valence-electron chi connectivity index (χ2n) is 8.23. The topological polar surface area (TPSA) is 113 Å². The number of carbonyl (C=O) groups is 1. The monoisotopic (exact) mass is 492 g/mol. The minimum atomic E-state index is -3.86. The number of hydrogen-bond donors (Lipinski definition) is 3. The van der Waals surface area contributed by atoms with Gasteiger partial charge in [-0.25, -0.2) is 22.9 Å². The van der Waals surface area contributed by atoms with Crippen LogP contribution in [-0.2, 0) is 9.92 Å². The molecule has 1 aromatic carbocycles. The number of nitrogens with zero attached hydrogens (tertiary/aromatic N) is 3. The molecule has 3 rings (SSSR count). The minimum absolute atomic E-state index is 0.0154. The zero-order valence-electron chi connectivity index (χ0n) is 18.9. The summed E-state index contributed by atoms with van der Waals surface area (Å²) >= 11 is 6.12. The highest BCUT2D eigenvalue weighted by Gasteiger charge is 2.24. The molecule has 0 saturated carbocycles. The molecule has 0 aliphatic rings. The first kappa shape index (κ1) is 24.7. The summed E-state index contributed by atoms with van der Waals surface area (Å²) in [4.78, 5) is 17.0. The molecule has 33 heavy (non-hydrogen) atoms. The van der Waals surface area contributed by atoms with Gasteiger partial charge in [0.1, 0.15) is 5.82 Å². The van der Waals surface area contributed by atoms with Crippen molar-refractivity contribution in [2.45, 2.75) is 51.6 Å². The van der Waals surface area contributed by atoms with Crippen molar-refractivity contribution in [1.82, 2.24) is 19.5 Å². The highest BCUT2D eigenvalue weighted by molar-refractivity contribution is 7.91. The lowest BCUT2D eigenvalue weighted by Crippen LogP contribution is -2.34. The molecule has 0 spiro atoms. The number of aromatic nitrogens is 3. The third-order valence-electron chi connectivity index (χ3n) is 4.90. The number of rotatable bonds is 6. The molecule has 1 unspecified atom stereocenters. The highest BCUT2D eigenvalue weighted by Crippen LogP contribution is 2.36. The molecule has 0 aliphatic heterocycles. The van der Waals surface area contributed by atoms with Crippen LogP contribution in [0, 0.1) is 17.5 Å². The zero-order valence-corrected chi connectivity index (χ0v) is 20.5. The fraction of sp³-hybridized carbons (Fsp3) is 0.318. The van der Waals surface area contributed by atoms with Crippen LogP contribution in [0.15, 0.2) is 41.7 Å². The fourth-order valence-corrected chi connectivity index (χ4v) is 4.70. The van der Waals surface area contributed by atoms with Gasteiger partial charge in [0.05, 0.1) is 10.7 Å². The van der Waals surface area contributed by atoms with Crippen molar-refractivity contribution in [2.24, 2.45) is 0 Å². The smallest absolute Gasteiger partial charge is 0.306 e. The molecule has 0 radical (unpaired) electrons. The molecular weight excluding hydrogens is 467 g/mol. The van der Waals surface area contributed by atoms with Crippen LogP contribution < -0.4 is 10.0 Å². The van der Waals surface area contributed by atoms with Crippen molar-refractivity contribution in [3.63, 3.8) is 0 Å². The number of hydrogen-bond acceptors (Lipinski definition) is 5. The van der Waals surface area contributed by atoms with Crippen molar-refractivity contribution in [3.8, 4) is 11.1 Å². The van der Waals surface area contributed by atoms with Gasteiger partial charge in [0.15, 0.2) is 14.9 Å². The number of anilines is 1. The van der Waals surface area contributed by atoms with E-state index in [2.05, 4.69) is 20.1 Å². The van der Waals surface area contributed by atoms with E-state index in [9.17, 15) is 13.4 Å². The third-order valence-corrected chi connectivity index (χ3v) is 6.60. The van der Waals surface area contributed by atoms with E-state index in [1.165, 1.54) is 23.0 Å². The molecule has 3 N–H and O–H groups in total. The Labute approximate surface area is 197 Å². The van der Waals surface area contributed by atoms with E-state index < -0.39 is 21.8 Å². The normalized spacial score (nSPS) is 13.2. The number of urea groups is 1. The Kier molecular flexibility index (Phi) is 7.08. The van der Waals surface area contributed by atoms with Gasteiger partial charge in [0, 0.05) is 29.7 Å². The standard InChI is InChI=1S/C22H26ClFN6O2S/c1-12(2)17-9-16(24)10-18(15-6-7-26-14(5)8-15)20(17)27-22(31)29-33(25,32)21-19(23)11-30(28-21)13(3)4/h6-13H,1-5H3,(H3,25,27,29,31,32). The molecule has 3 aromatic rings. The van der Waals surface area contributed by atoms with Crippen molar-refractivity contribution < 1.29 is 13.4 Å². The first-order valence-corrected chi connectivity index (χ1v) is 12.2. The van der Waals surface area contributed by atoms with E-state index in [1.807, 2.05) is 27.7 Å². The molecule has 0 aliphatic carbocycles. The van der Waals surface area contributed by atoms with Crippen LogP contribution >= 0.6 is 11.6 Å². The summed E-state index contributed by atoms with van der Waals surface area (Å²) in [6.07, 6.45) is 3.05. The predicted octanol–water partition coefficient (Wildman–Crippen LogP) is 5.89. The van der Waals surface area contributed by atoms with Crippen LogP contribution in [0.25, 0.3) is 11.1 Å². The summed E-state index contributed by atoms with van der Waals surface area (Å²) in [5.41, 5.74) is 2.72. The van der Waals surface area contributed by atoms with Crippen LogP contribution in [0.3, 0.4) is 0 Å². The number of carbonyl (C=O) groups excluding carboxylic acids is 1. The van der Waals surface area contributed by atoms with Crippen LogP contribution in [0.1, 0.15) is 50.9 Å². The van der Waals surface area contributed by atoms with Crippen LogP contribution in [0.2, 0.25) is 5.02 Å². The van der Waals surface area contributed by atoms with Crippen molar-refractivity contribution in [3.05, 3.63) is 58.8 Å². The lowest BCUT2D eigenvalue weighted by atomic mass is 9.94. The third kappa shape index (κ3) is 5.51. The van der Waals surface area contributed by atoms with Crippen molar-refractivity contribution in [1.29, 1.82) is 4.78 Å². The van der Waals surface area contributed by atoms with Gasteiger partial charge < -0.3 is 5.32 Å². The summed E-state index contributed by atoms with van der Waals surface area (Å²) in [6, 6.07) is 5.17. The Hall–Kier alpha value is -2.98. The maximum atomic E-state index is 14.5. The zero-order chi connectivity index (χ0) is 24.5. The number of nitrogens with one attached hydrogen (secondary N) is 3. The van der Waals surface area contributed by atoms with Gasteiger partial charge in [-0.05, 0) is 62.1 Å². The molecule has 2 aromatic heterocycles. The molecule has 11 heteroatoms. The molecule has 0 bridgehead atoms. The number of amides is 2. The van der Waals surface area contributed by atoms with Gasteiger partial charge in [-0.3, -0.25) is 9.67 Å². The number of benzene rings is 1. The summed E-state index contributed by atoms with van der Waals surface area (Å²) in [7, 11) is -3.86. The maximum Gasteiger partial charge on any atom is 0.332 e. The van der Waals surface area contributed by atoms with Gasteiger partial charge in [-0.2, -0.15) is 5.10 Å². The SMILES string of the molecule is Cc1cc(-c2cc(F)cc(C(C)C)c2NC(=O)NS(=N)(=O)c2nn(C(C)C)cc2Cl)ccn1. The van der Waals surface area contributed by atoms with E-state index in [1.54, 1.807) is 25.3 Å². The molecule has 2 amide bonds. The second-order valence-corrected chi connectivity index (χ2v) is 10.3. The Balaban J connectivity index is 1.99. The molecule has 176 valence electrons. The summed E-state index contributed by atoms with van der Waals surface area (Å²) in [5.74, 6) is -0.585. The summed E-state index contributed by atoms with van der Waals surface area (Å²) in [5, 5.41) is 6.54. The molecular formula is C22H26ClFN6O2S. The minimum Gasteiger partial charge on any atom is -0.306 e. The number of pyridine rings is 1. The van der Waals surface area contributed by atoms with Gasteiger partial charge >= 0.3 is 6.03 Å². The quantitative estimate of drug-likeness (QED) is 0.398. The van der Waals surface area contributed by atoms with E-state index in [0.29, 0.717) is 22.4 Å². The van der Waals surface area contributed by atoms with E-state index >= 15 is 0 Å². The Bertz CT molecular complexity index is 1300. The van der Waals surface area contributed by atoms with Gasteiger partial charge in [-0.1, -0.05) is 25.4 Å². The first-order chi connectivity index (χ1) is 15.4. The second kappa shape index (κ2) is 9.48. The van der Waals surface area contributed by atoms with Crippen LogP contribution in [0.5, 0.6) is 0 Å². The average Bonchev–Trinajstić information content (AvgIpc) is 3.11.